The molecule has 1 amide bonds. The summed E-state index contributed by atoms with van der Waals surface area (Å²) < 4.78 is 0. The fourth-order valence-corrected chi connectivity index (χ4v) is 2.05. The van der Waals surface area contributed by atoms with Crippen molar-refractivity contribution in [2.24, 2.45) is 5.92 Å². The second-order valence-corrected chi connectivity index (χ2v) is 3.88. The molecule has 1 saturated heterocycles. The molecule has 2 heteroatoms. The van der Waals surface area contributed by atoms with E-state index >= 15 is 0 Å². The maximum Gasteiger partial charge on any atom is 0.222 e. The third-order valence-electron chi connectivity index (χ3n) is 2.72. The average Bonchev–Trinajstić information content (AvgIpc) is 2.03. The minimum atomic E-state index is 0.349. The van der Waals surface area contributed by atoms with Crippen molar-refractivity contribution in [1.82, 2.24) is 4.90 Å². The number of amides is 1. The van der Waals surface area contributed by atoms with Crippen molar-refractivity contribution in [2.75, 3.05) is 6.54 Å². The first kappa shape index (κ1) is 9.56. The lowest BCUT2D eigenvalue weighted by Crippen LogP contribution is -2.46. The van der Waals surface area contributed by atoms with E-state index in [0.29, 0.717) is 17.9 Å². The van der Waals surface area contributed by atoms with Crippen molar-refractivity contribution in [3.05, 3.63) is 0 Å². The van der Waals surface area contributed by atoms with E-state index in [0.717, 1.165) is 19.4 Å². The van der Waals surface area contributed by atoms with E-state index in [1.165, 1.54) is 6.42 Å². The Hall–Kier alpha value is -0.530. The van der Waals surface area contributed by atoms with Gasteiger partial charge in [-0.2, -0.15) is 0 Å². The van der Waals surface area contributed by atoms with E-state index in [-0.39, 0.29) is 0 Å². The molecule has 2 nitrogen and oxygen atoms in total. The van der Waals surface area contributed by atoms with Gasteiger partial charge in [0, 0.05) is 19.0 Å². The van der Waals surface area contributed by atoms with Crippen LogP contribution >= 0.6 is 0 Å². The highest BCUT2D eigenvalue weighted by Gasteiger charge is 2.28. The zero-order valence-electron chi connectivity index (χ0n) is 8.34. The molecule has 1 atom stereocenters. The molecule has 1 fully saturated rings. The summed E-state index contributed by atoms with van der Waals surface area (Å²) in [6, 6.07) is 0.497. The molecule has 70 valence electrons. The van der Waals surface area contributed by atoms with Gasteiger partial charge in [-0.3, -0.25) is 4.79 Å². The number of rotatable bonds is 2. The Morgan fingerprint density at radius 2 is 2.25 bits per heavy atom. The summed E-state index contributed by atoms with van der Waals surface area (Å²) in [7, 11) is 0. The standard InChI is InChI=1S/C10H19NO/c1-4-11-9(8(2)3)6-5-7-10(11)12/h8-9H,4-7H2,1-3H3. The lowest BCUT2D eigenvalue weighted by molar-refractivity contribution is -0.137. The molecule has 0 saturated carbocycles. The number of hydrogen-bond donors (Lipinski definition) is 0. The highest BCUT2D eigenvalue weighted by molar-refractivity contribution is 5.77. The Bertz CT molecular complexity index is 165. The van der Waals surface area contributed by atoms with Crippen LogP contribution in [0.15, 0.2) is 0 Å². The molecule has 0 aromatic heterocycles. The Balaban J connectivity index is 2.64. The van der Waals surface area contributed by atoms with Gasteiger partial charge in [0.25, 0.3) is 0 Å². The first-order chi connectivity index (χ1) is 5.66. The second kappa shape index (κ2) is 3.92. The van der Waals surface area contributed by atoms with Crippen molar-refractivity contribution < 1.29 is 4.79 Å². The van der Waals surface area contributed by atoms with Crippen molar-refractivity contribution >= 4 is 5.91 Å². The highest BCUT2D eigenvalue weighted by atomic mass is 16.2. The lowest BCUT2D eigenvalue weighted by Gasteiger charge is -2.37. The number of piperidine rings is 1. The maximum atomic E-state index is 11.5. The molecule has 1 unspecified atom stereocenters. The number of carbonyl (C=O) groups excluding carboxylic acids is 1. The van der Waals surface area contributed by atoms with E-state index < -0.39 is 0 Å². The van der Waals surface area contributed by atoms with Gasteiger partial charge in [0.2, 0.25) is 5.91 Å². The SMILES string of the molecule is CCN1C(=O)CCCC1C(C)C. The number of carbonyl (C=O) groups is 1. The third-order valence-corrected chi connectivity index (χ3v) is 2.72. The van der Waals surface area contributed by atoms with Crippen LogP contribution in [0.2, 0.25) is 0 Å². The van der Waals surface area contributed by atoms with Crippen molar-refractivity contribution in [2.45, 2.75) is 46.1 Å². The van der Waals surface area contributed by atoms with Crippen LogP contribution in [0.25, 0.3) is 0 Å². The average molecular weight is 169 g/mol. The molecule has 0 aromatic rings. The largest absolute Gasteiger partial charge is 0.340 e. The van der Waals surface area contributed by atoms with Crippen LogP contribution < -0.4 is 0 Å². The van der Waals surface area contributed by atoms with Crippen molar-refractivity contribution in [1.29, 1.82) is 0 Å². The molecule has 0 aromatic carbocycles. The minimum absolute atomic E-state index is 0.349. The first-order valence-corrected chi connectivity index (χ1v) is 4.96. The Kier molecular flexibility index (Phi) is 3.12. The van der Waals surface area contributed by atoms with E-state index in [2.05, 4.69) is 20.8 Å². The summed E-state index contributed by atoms with van der Waals surface area (Å²) in [5.74, 6) is 0.955. The van der Waals surface area contributed by atoms with Gasteiger partial charge in [0.1, 0.15) is 0 Å². The molecule has 1 heterocycles. The van der Waals surface area contributed by atoms with Crippen LogP contribution in [0.3, 0.4) is 0 Å². The van der Waals surface area contributed by atoms with Crippen LogP contribution in [-0.4, -0.2) is 23.4 Å². The summed E-state index contributed by atoms with van der Waals surface area (Å²) in [5.41, 5.74) is 0. The number of nitrogens with zero attached hydrogens (tertiary/aromatic N) is 1. The molecule has 0 N–H and O–H groups in total. The van der Waals surface area contributed by atoms with E-state index in [4.69, 9.17) is 0 Å². The Morgan fingerprint density at radius 3 is 2.67 bits per heavy atom. The van der Waals surface area contributed by atoms with Gasteiger partial charge in [0.15, 0.2) is 0 Å². The normalized spacial score (nSPS) is 25.2. The van der Waals surface area contributed by atoms with Gasteiger partial charge in [-0.05, 0) is 25.7 Å². The van der Waals surface area contributed by atoms with E-state index in [1.54, 1.807) is 0 Å². The van der Waals surface area contributed by atoms with Crippen LogP contribution in [0.5, 0.6) is 0 Å². The molecular weight excluding hydrogens is 150 g/mol. The van der Waals surface area contributed by atoms with Crippen LogP contribution in [0, 0.1) is 5.92 Å². The zero-order chi connectivity index (χ0) is 9.14. The van der Waals surface area contributed by atoms with E-state index in [9.17, 15) is 4.79 Å². The Morgan fingerprint density at radius 1 is 1.58 bits per heavy atom. The Labute approximate surface area is 74.9 Å². The smallest absolute Gasteiger partial charge is 0.222 e. The number of hydrogen-bond acceptors (Lipinski definition) is 1. The van der Waals surface area contributed by atoms with Gasteiger partial charge in [-0.15, -0.1) is 0 Å². The van der Waals surface area contributed by atoms with Crippen LogP contribution in [-0.2, 0) is 4.79 Å². The summed E-state index contributed by atoms with van der Waals surface area (Å²) in [6.45, 7) is 7.35. The summed E-state index contributed by atoms with van der Waals surface area (Å²) in [4.78, 5) is 13.5. The van der Waals surface area contributed by atoms with Gasteiger partial charge < -0.3 is 4.90 Å². The molecule has 0 aliphatic carbocycles. The lowest BCUT2D eigenvalue weighted by atomic mass is 9.92. The summed E-state index contributed by atoms with van der Waals surface area (Å²) in [6.07, 6.45) is 3.03. The van der Waals surface area contributed by atoms with Gasteiger partial charge in [-0.1, -0.05) is 13.8 Å². The van der Waals surface area contributed by atoms with Gasteiger partial charge >= 0.3 is 0 Å². The second-order valence-electron chi connectivity index (χ2n) is 3.88. The van der Waals surface area contributed by atoms with Crippen molar-refractivity contribution in [3.8, 4) is 0 Å². The maximum absolute atomic E-state index is 11.5. The summed E-state index contributed by atoms with van der Waals surface area (Å²) in [5, 5.41) is 0. The molecule has 0 spiro atoms. The predicted octanol–water partition coefficient (Wildman–Crippen LogP) is 2.04. The minimum Gasteiger partial charge on any atom is -0.340 e. The highest BCUT2D eigenvalue weighted by Crippen LogP contribution is 2.23. The molecule has 1 aliphatic heterocycles. The fourth-order valence-electron chi connectivity index (χ4n) is 2.05. The molecule has 0 radical (unpaired) electrons. The molecule has 12 heavy (non-hydrogen) atoms. The van der Waals surface area contributed by atoms with E-state index in [1.807, 2.05) is 4.90 Å². The fraction of sp³-hybridized carbons (Fsp3) is 0.900. The number of likely N-dealkylation sites (tertiary alicyclic amines) is 1. The monoisotopic (exact) mass is 169 g/mol. The molecule has 1 rings (SSSR count). The quantitative estimate of drug-likeness (QED) is 0.619. The van der Waals surface area contributed by atoms with Gasteiger partial charge in [0.05, 0.1) is 0 Å². The third kappa shape index (κ3) is 1.79. The predicted molar refractivity (Wildman–Crippen MR) is 49.9 cm³/mol. The zero-order valence-corrected chi connectivity index (χ0v) is 8.34. The first-order valence-electron chi connectivity index (χ1n) is 4.96. The van der Waals surface area contributed by atoms with Crippen LogP contribution in [0.4, 0.5) is 0 Å². The summed E-state index contributed by atoms with van der Waals surface area (Å²) >= 11 is 0. The van der Waals surface area contributed by atoms with Gasteiger partial charge in [-0.25, -0.2) is 0 Å². The molecular formula is C10H19NO. The topological polar surface area (TPSA) is 20.3 Å². The van der Waals surface area contributed by atoms with Crippen molar-refractivity contribution in [3.63, 3.8) is 0 Å². The molecule has 0 bridgehead atoms. The molecule has 1 aliphatic rings. The van der Waals surface area contributed by atoms with Crippen LogP contribution in [0.1, 0.15) is 40.0 Å².